The minimum Gasteiger partial charge on any atom is -0.478 e. The molecule has 0 saturated heterocycles. The molecule has 5 nitrogen and oxygen atoms in total. The Morgan fingerprint density at radius 2 is 2.00 bits per heavy atom. The van der Waals surface area contributed by atoms with E-state index in [0.29, 0.717) is 5.56 Å². The van der Waals surface area contributed by atoms with Gasteiger partial charge in [0.2, 0.25) is 0 Å². The third-order valence-corrected chi connectivity index (χ3v) is 2.06. The highest BCUT2D eigenvalue weighted by Gasteiger charge is 2.18. The number of benzene rings is 1. The van der Waals surface area contributed by atoms with Gasteiger partial charge < -0.3 is 5.11 Å². The number of hydrogen-bond donors (Lipinski definition) is 1. The fourth-order valence-corrected chi connectivity index (χ4v) is 1.43. The zero-order chi connectivity index (χ0) is 11.7. The van der Waals surface area contributed by atoms with Crippen LogP contribution < -0.4 is 0 Å². The molecule has 1 aromatic heterocycles. The van der Waals surface area contributed by atoms with Crippen molar-refractivity contribution in [1.29, 1.82) is 0 Å². The number of rotatable bonds is 2. The highest BCUT2D eigenvalue weighted by atomic mass is 19.1. The Kier molecular flexibility index (Phi) is 2.40. The zero-order valence-electron chi connectivity index (χ0n) is 8.38. The van der Waals surface area contributed by atoms with Crippen molar-refractivity contribution in [1.82, 2.24) is 15.0 Å². The first kappa shape index (κ1) is 10.3. The van der Waals surface area contributed by atoms with Gasteiger partial charge in [0.25, 0.3) is 0 Å². The monoisotopic (exact) mass is 221 g/mol. The van der Waals surface area contributed by atoms with Gasteiger partial charge in [-0.05, 0) is 24.6 Å². The molecule has 0 aliphatic carbocycles. The van der Waals surface area contributed by atoms with Gasteiger partial charge in [-0.2, -0.15) is 10.2 Å². The van der Waals surface area contributed by atoms with Gasteiger partial charge in [0, 0.05) is 0 Å². The Hall–Kier alpha value is -2.24. The second kappa shape index (κ2) is 3.73. The molecule has 0 atom stereocenters. The Balaban J connectivity index is 2.72. The average Bonchev–Trinajstić information content (AvgIpc) is 2.69. The Labute approximate surface area is 90.1 Å². The first-order valence-corrected chi connectivity index (χ1v) is 4.49. The summed E-state index contributed by atoms with van der Waals surface area (Å²) in [5.41, 5.74) is 0.225. The lowest BCUT2D eigenvalue weighted by atomic mass is 10.1. The van der Waals surface area contributed by atoms with Crippen LogP contribution in [0.3, 0.4) is 0 Å². The normalized spacial score (nSPS) is 10.4. The minimum absolute atomic E-state index is 0.150. The standard InChI is InChI=1S/C10H8FN3O2/c1-6-4-7(10(15)16)9(8(11)5-6)14-12-2-3-13-14/h2-5H,1H3,(H,15,16). The number of carboxylic acids is 1. The summed E-state index contributed by atoms with van der Waals surface area (Å²) in [6.07, 6.45) is 2.70. The Bertz CT molecular complexity index is 537. The van der Waals surface area contributed by atoms with Crippen molar-refractivity contribution in [3.63, 3.8) is 0 Å². The van der Waals surface area contributed by atoms with E-state index in [-0.39, 0.29) is 11.3 Å². The first-order valence-electron chi connectivity index (χ1n) is 4.49. The third kappa shape index (κ3) is 1.65. The number of nitrogens with zero attached hydrogens (tertiary/aromatic N) is 3. The van der Waals surface area contributed by atoms with E-state index in [4.69, 9.17) is 5.11 Å². The van der Waals surface area contributed by atoms with Crippen molar-refractivity contribution in [3.05, 3.63) is 41.5 Å². The molecule has 0 aliphatic rings. The molecule has 2 rings (SSSR count). The van der Waals surface area contributed by atoms with Crippen molar-refractivity contribution < 1.29 is 14.3 Å². The van der Waals surface area contributed by atoms with Crippen molar-refractivity contribution in [3.8, 4) is 5.69 Å². The molecule has 0 aliphatic heterocycles. The van der Waals surface area contributed by atoms with Crippen LogP contribution in [0.15, 0.2) is 24.5 Å². The quantitative estimate of drug-likeness (QED) is 0.832. The predicted molar refractivity (Wildman–Crippen MR) is 53.0 cm³/mol. The summed E-state index contributed by atoms with van der Waals surface area (Å²) < 4.78 is 13.7. The number of carboxylic acid groups (broad SMARTS) is 1. The van der Waals surface area contributed by atoms with Crippen molar-refractivity contribution in [2.24, 2.45) is 0 Å². The smallest absolute Gasteiger partial charge is 0.338 e. The molecule has 1 aromatic carbocycles. The average molecular weight is 221 g/mol. The molecule has 6 heteroatoms. The molecule has 1 heterocycles. The number of hydrogen-bond acceptors (Lipinski definition) is 3. The van der Waals surface area contributed by atoms with E-state index in [1.165, 1.54) is 24.5 Å². The van der Waals surface area contributed by atoms with Gasteiger partial charge in [-0.1, -0.05) is 0 Å². The molecule has 0 radical (unpaired) electrons. The van der Waals surface area contributed by atoms with Crippen LogP contribution in [0.2, 0.25) is 0 Å². The van der Waals surface area contributed by atoms with Crippen LogP contribution in [0.1, 0.15) is 15.9 Å². The van der Waals surface area contributed by atoms with Crippen LogP contribution in [-0.2, 0) is 0 Å². The molecule has 2 aromatic rings. The molecule has 0 fully saturated rings. The lowest BCUT2D eigenvalue weighted by molar-refractivity contribution is 0.0696. The molecule has 0 spiro atoms. The second-order valence-corrected chi connectivity index (χ2v) is 3.27. The molecule has 82 valence electrons. The van der Waals surface area contributed by atoms with Gasteiger partial charge in [0.1, 0.15) is 5.69 Å². The van der Waals surface area contributed by atoms with Crippen molar-refractivity contribution >= 4 is 5.97 Å². The summed E-state index contributed by atoms with van der Waals surface area (Å²) >= 11 is 0. The van der Waals surface area contributed by atoms with Gasteiger partial charge >= 0.3 is 5.97 Å². The van der Waals surface area contributed by atoms with Crippen LogP contribution in [0.25, 0.3) is 5.69 Å². The summed E-state index contributed by atoms with van der Waals surface area (Å²) in [6, 6.07) is 2.62. The molecular formula is C10H8FN3O2. The van der Waals surface area contributed by atoms with E-state index < -0.39 is 11.8 Å². The largest absolute Gasteiger partial charge is 0.478 e. The van der Waals surface area contributed by atoms with E-state index in [1.54, 1.807) is 6.92 Å². The number of aromatic carboxylic acids is 1. The van der Waals surface area contributed by atoms with Crippen LogP contribution in [0.4, 0.5) is 4.39 Å². The van der Waals surface area contributed by atoms with Gasteiger partial charge in [0.15, 0.2) is 5.82 Å². The maximum absolute atomic E-state index is 13.7. The number of carbonyl (C=O) groups is 1. The van der Waals surface area contributed by atoms with Crippen LogP contribution in [-0.4, -0.2) is 26.1 Å². The molecular weight excluding hydrogens is 213 g/mol. The number of halogens is 1. The summed E-state index contributed by atoms with van der Waals surface area (Å²) in [4.78, 5) is 11.9. The lowest BCUT2D eigenvalue weighted by Crippen LogP contribution is -2.10. The summed E-state index contributed by atoms with van der Waals surface area (Å²) in [6.45, 7) is 1.62. The molecule has 0 bridgehead atoms. The second-order valence-electron chi connectivity index (χ2n) is 3.27. The molecule has 0 unspecified atom stereocenters. The molecule has 1 N–H and O–H groups in total. The maximum Gasteiger partial charge on any atom is 0.338 e. The van der Waals surface area contributed by atoms with Crippen molar-refractivity contribution in [2.75, 3.05) is 0 Å². The van der Waals surface area contributed by atoms with E-state index in [0.717, 1.165) is 4.80 Å². The SMILES string of the molecule is Cc1cc(F)c(-n2nccn2)c(C(=O)O)c1. The molecule has 16 heavy (non-hydrogen) atoms. The molecule has 0 amide bonds. The van der Waals surface area contributed by atoms with Crippen LogP contribution in [0, 0.1) is 12.7 Å². The van der Waals surface area contributed by atoms with Crippen LogP contribution in [0.5, 0.6) is 0 Å². The van der Waals surface area contributed by atoms with Crippen LogP contribution >= 0.6 is 0 Å². The highest BCUT2D eigenvalue weighted by molar-refractivity contribution is 5.92. The Morgan fingerprint density at radius 3 is 2.56 bits per heavy atom. The lowest BCUT2D eigenvalue weighted by Gasteiger charge is -2.07. The van der Waals surface area contributed by atoms with Gasteiger partial charge in [-0.3, -0.25) is 0 Å². The van der Waals surface area contributed by atoms with E-state index in [9.17, 15) is 9.18 Å². The summed E-state index contributed by atoms with van der Waals surface area (Å²) in [5, 5.41) is 16.4. The topological polar surface area (TPSA) is 68.0 Å². The fourth-order valence-electron chi connectivity index (χ4n) is 1.43. The fraction of sp³-hybridized carbons (Fsp3) is 0.100. The number of aryl methyl sites for hydroxylation is 1. The maximum atomic E-state index is 13.7. The predicted octanol–water partition coefficient (Wildman–Crippen LogP) is 1.41. The highest BCUT2D eigenvalue weighted by Crippen LogP contribution is 2.19. The van der Waals surface area contributed by atoms with E-state index in [2.05, 4.69) is 10.2 Å². The third-order valence-electron chi connectivity index (χ3n) is 2.06. The van der Waals surface area contributed by atoms with Crippen molar-refractivity contribution in [2.45, 2.75) is 6.92 Å². The van der Waals surface area contributed by atoms with Gasteiger partial charge in [0.05, 0.1) is 18.0 Å². The summed E-state index contributed by atoms with van der Waals surface area (Å²) in [5.74, 6) is -1.87. The van der Waals surface area contributed by atoms with E-state index >= 15 is 0 Å². The summed E-state index contributed by atoms with van der Waals surface area (Å²) in [7, 11) is 0. The minimum atomic E-state index is -1.21. The van der Waals surface area contributed by atoms with E-state index in [1.807, 2.05) is 0 Å². The van der Waals surface area contributed by atoms with Gasteiger partial charge in [-0.25, -0.2) is 9.18 Å². The van der Waals surface area contributed by atoms with Gasteiger partial charge in [-0.15, -0.1) is 4.80 Å². The first-order chi connectivity index (χ1) is 7.59. The zero-order valence-corrected chi connectivity index (χ0v) is 8.38. The number of aromatic nitrogens is 3. The molecule has 0 saturated carbocycles. The Morgan fingerprint density at radius 1 is 1.38 bits per heavy atom.